The van der Waals surface area contributed by atoms with Crippen LogP contribution in [0.15, 0.2) is 24.3 Å². The first-order valence-electron chi connectivity index (χ1n) is 5.29. The molecule has 3 heteroatoms. The molecule has 1 aromatic rings. The molecule has 0 amide bonds. The lowest BCUT2D eigenvalue weighted by Gasteiger charge is -2.31. The van der Waals surface area contributed by atoms with Gasteiger partial charge in [-0.05, 0) is 18.9 Å². The molecule has 0 aromatic heterocycles. The summed E-state index contributed by atoms with van der Waals surface area (Å²) in [5, 5.41) is 3.85. The van der Waals surface area contributed by atoms with Crippen LogP contribution in [-0.4, -0.2) is 18.5 Å². The molecule has 0 atom stereocenters. The molecule has 0 bridgehead atoms. The van der Waals surface area contributed by atoms with Gasteiger partial charge in [0.1, 0.15) is 5.75 Å². The van der Waals surface area contributed by atoms with Gasteiger partial charge in [-0.25, -0.2) is 0 Å². The van der Waals surface area contributed by atoms with Crippen LogP contribution in [0.3, 0.4) is 0 Å². The number of nitrogens with one attached hydrogen (secondary N) is 1. The van der Waals surface area contributed by atoms with Crippen LogP contribution in [0.5, 0.6) is 5.75 Å². The number of halogens is 1. The minimum absolute atomic E-state index is 0.375. The first kappa shape index (κ1) is 10.8. The molecule has 15 heavy (non-hydrogen) atoms. The highest BCUT2D eigenvalue weighted by Gasteiger charge is 2.26. The van der Waals surface area contributed by atoms with Gasteiger partial charge >= 0.3 is 0 Å². The van der Waals surface area contributed by atoms with E-state index in [1.807, 2.05) is 18.2 Å². The number of rotatable bonds is 4. The molecule has 1 aliphatic carbocycles. The summed E-state index contributed by atoms with van der Waals surface area (Å²) in [6, 6.07) is 8.67. The fourth-order valence-electron chi connectivity index (χ4n) is 1.82. The summed E-state index contributed by atoms with van der Waals surface area (Å²) in [7, 11) is 1.71. The quantitative estimate of drug-likeness (QED) is 0.796. The van der Waals surface area contributed by atoms with Crippen LogP contribution in [0.25, 0.3) is 0 Å². The van der Waals surface area contributed by atoms with Crippen molar-refractivity contribution in [1.82, 2.24) is 5.32 Å². The predicted molar refractivity (Wildman–Crippen MR) is 62.5 cm³/mol. The third-order valence-electron chi connectivity index (χ3n) is 2.85. The molecule has 82 valence electrons. The van der Waals surface area contributed by atoms with E-state index in [1.54, 1.807) is 7.11 Å². The zero-order chi connectivity index (χ0) is 10.7. The number of methoxy groups -OCH3 is 1. The van der Waals surface area contributed by atoms with Gasteiger partial charge in [-0.3, -0.25) is 0 Å². The molecule has 1 saturated carbocycles. The second-order valence-electron chi connectivity index (χ2n) is 3.96. The Morgan fingerprint density at radius 2 is 2.13 bits per heavy atom. The monoisotopic (exact) mass is 225 g/mol. The molecule has 1 N–H and O–H groups in total. The zero-order valence-corrected chi connectivity index (χ0v) is 9.63. The highest BCUT2D eigenvalue weighted by molar-refractivity contribution is 6.21. The smallest absolute Gasteiger partial charge is 0.123 e. The van der Waals surface area contributed by atoms with E-state index in [9.17, 15) is 0 Å². The van der Waals surface area contributed by atoms with Gasteiger partial charge < -0.3 is 10.1 Å². The van der Waals surface area contributed by atoms with Gasteiger partial charge in [0.05, 0.1) is 7.11 Å². The van der Waals surface area contributed by atoms with Gasteiger partial charge in [0, 0.05) is 23.5 Å². The van der Waals surface area contributed by atoms with Crippen molar-refractivity contribution in [2.45, 2.75) is 30.8 Å². The standard InChI is InChI=1S/C12H16ClNO/c1-15-12-5-3-2-4-9(12)8-14-11-6-10(13)7-11/h2-5,10-11,14H,6-8H2,1H3. The molecule has 0 spiro atoms. The molecule has 2 nitrogen and oxygen atoms in total. The van der Waals surface area contributed by atoms with Crippen LogP contribution in [-0.2, 0) is 6.54 Å². The van der Waals surface area contributed by atoms with Crippen LogP contribution in [0.1, 0.15) is 18.4 Å². The van der Waals surface area contributed by atoms with Gasteiger partial charge in [0.15, 0.2) is 0 Å². The van der Waals surface area contributed by atoms with E-state index in [4.69, 9.17) is 16.3 Å². The van der Waals surface area contributed by atoms with Crippen molar-refractivity contribution in [3.8, 4) is 5.75 Å². The Balaban J connectivity index is 1.87. The Hall–Kier alpha value is -0.730. The van der Waals surface area contributed by atoms with E-state index in [0.29, 0.717) is 11.4 Å². The average Bonchev–Trinajstić information content (AvgIpc) is 2.23. The lowest BCUT2D eigenvalue weighted by atomic mass is 9.92. The molecule has 1 aliphatic rings. The Morgan fingerprint density at radius 3 is 2.80 bits per heavy atom. The Morgan fingerprint density at radius 1 is 1.40 bits per heavy atom. The van der Waals surface area contributed by atoms with Crippen LogP contribution < -0.4 is 10.1 Å². The first-order valence-corrected chi connectivity index (χ1v) is 5.72. The van der Waals surface area contributed by atoms with Gasteiger partial charge in [-0.2, -0.15) is 0 Å². The summed E-state index contributed by atoms with van der Waals surface area (Å²) in [5.74, 6) is 0.951. The molecule has 1 aromatic carbocycles. The van der Waals surface area contributed by atoms with Crippen molar-refractivity contribution in [1.29, 1.82) is 0 Å². The van der Waals surface area contributed by atoms with E-state index in [-0.39, 0.29) is 0 Å². The van der Waals surface area contributed by atoms with E-state index < -0.39 is 0 Å². The molecular weight excluding hydrogens is 210 g/mol. The minimum Gasteiger partial charge on any atom is -0.496 e. The second-order valence-corrected chi connectivity index (χ2v) is 4.58. The number of benzene rings is 1. The summed E-state index contributed by atoms with van der Waals surface area (Å²) in [6.07, 6.45) is 2.16. The van der Waals surface area contributed by atoms with Gasteiger partial charge in [0.25, 0.3) is 0 Å². The highest BCUT2D eigenvalue weighted by Crippen LogP contribution is 2.26. The fourth-order valence-corrected chi connectivity index (χ4v) is 2.25. The van der Waals surface area contributed by atoms with Crippen LogP contribution in [0.4, 0.5) is 0 Å². The fraction of sp³-hybridized carbons (Fsp3) is 0.500. The SMILES string of the molecule is COc1ccccc1CNC1CC(Cl)C1. The number of alkyl halides is 1. The van der Waals surface area contributed by atoms with Crippen molar-refractivity contribution >= 4 is 11.6 Å². The summed E-state index contributed by atoms with van der Waals surface area (Å²) >= 11 is 5.92. The highest BCUT2D eigenvalue weighted by atomic mass is 35.5. The van der Waals surface area contributed by atoms with Crippen molar-refractivity contribution in [3.63, 3.8) is 0 Å². The minimum atomic E-state index is 0.375. The molecular formula is C12H16ClNO. The average molecular weight is 226 g/mol. The normalized spacial score (nSPS) is 24.7. The summed E-state index contributed by atoms with van der Waals surface area (Å²) in [5.41, 5.74) is 1.21. The molecule has 0 unspecified atom stereocenters. The van der Waals surface area contributed by atoms with Crippen molar-refractivity contribution in [3.05, 3.63) is 29.8 Å². The Labute approximate surface area is 95.6 Å². The molecule has 0 aliphatic heterocycles. The maximum absolute atomic E-state index is 5.92. The summed E-state index contributed by atoms with van der Waals surface area (Å²) < 4.78 is 5.28. The molecule has 2 rings (SSSR count). The third-order valence-corrected chi connectivity index (χ3v) is 3.21. The lowest BCUT2D eigenvalue weighted by Crippen LogP contribution is -2.41. The van der Waals surface area contributed by atoms with Crippen molar-refractivity contribution < 1.29 is 4.74 Å². The number of para-hydroxylation sites is 1. The van der Waals surface area contributed by atoms with Crippen LogP contribution in [0.2, 0.25) is 0 Å². The third kappa shape index (κ3) is 2.64. The molecule has 0 heterocycles. The molecule has 1 fully saturated rings. The zero-order valence-electron chi connectivity index (χ0n) is 8.87. The predicted octanol–water partition coefficient (Wildman–Crippen LogP) is 2.55. The second kappa shape index (κ2) is 4.86. The van der Waals surface area contributed by atoms with Gasteiger partial charge in [0.2, 0.25) is 0 Å². The number of ether oxygens (including phenoxy) is 1. The maximum atomic E-state index is 5.92. The maximum Gasteiger partial charge on any atom is 0.123 e. The van der Waals surface area contributed by atoms with Crippen molar-refractivity contribution in [2.75, 3.05) is 7.11 Å². The first-order chi connectivity index (χ1) is 7.29. The number of hydrogen-bond donors (Lipinski definition) is 1. The van der Waals surface area contributed by atoms with E-state index >= 15 is 0 Å². The Kier molecular flexibility index (Phi) is 3.49. The van der Waals surface area contributed by atoms with Gasteiger partial charge in [-0.1, -0.05) is 18.2 Å². The summed E-state index contributed by atoms with van der Waals surface area (Å²) in [4.78, 5) is 0. The lowest BCUT2D eigenvalue weighted by molar-refractivity contribution is 0.340. The number of hydrogen-bond acceptors (Lipinski definition) is 2. The van der Waals surface area contributed by atoms with E-state index in [0.717, 1.165) is 25.1 Å². The van der Waals surface area contributed by atoms with E-state index in [1.165, 1.54) is 5.56 Å². The van der Waals surface area contributed by atoms with Gasteiger partial charge in [-0.15, -0.1) is 11.6 Å². The van der Waals surface area contributed by atoms with Crippen molar-refractivity contribution in [2.24, 2.45) is 0 Å². The largest absolute Gasteiger partial charge is 0.496 e. The molecule has 0 saturated heterocycles. The summed E-state index contributed by atoms with van der Waals surface area (Å²) in [6.45, 7) is 0.859. The molecule has 0 radical (unpaired) electrons. The van der Waals surface area contributed by atoms with E-state index in [2.05, 4.69) is 11.4 Å². The topological polar surface area (TPSA) is 21.3 Å². The van der Waals surface area contributed by atoms with Crippen LogP contribution >= 0.6 is 11.6 Å². The van der Waals surface area contributed by atoms with Crippen LogP contribution in [0, 0.1) is 0 Å². The Bertz CT molecular complexity index is 323.